The zero-order valence-electron chi connectivity index (χ0n) is 22.8. The number of hydrogen-bond acceptors (Lipinski definition) is 6. The molecule has 214 valence electrons. The van der Waals surface area contributed by atoms with Crippen molar-refractivity contribution in [2.24, 2.45) is 4.40 Å². The molecule has 0 radical (unpaired) electrons. The minimum Gasteiger partial charge on any atom is -0.507 e. The van der Waals surface area contributed by atoms with Gasteiger partial charge in [-0.25, -0.2) is 18.1 Å². The van der Waals surface area contributed by atoms with E-state index in [4.69, 9.17) is 0 Å². The van der Waals surface area contributed by atoms with Crippen LogP contribution in [0.2, 0.25) is 0 Å². The number of anilines is 2. The Morgan fingerprint density at radius 1 is 1.12 bits per heavy atom. The molecule has 2 aromatic carbocycles. The molecule has 0 aliphatic carbocycles. The summed E-state index contributed by atoms with van der Waals surface area (Å²) in [5.41, 5.74) is -0.0184. The number of hydrogen-bond donors (Lipinski definition) is 1. The van der Waals surface area contributed by atoms with Gasteiger partial charge < -0.3 is 14.9 Å². The molecule has 0 bridgehead atoms. The predicted molar refractivity (Wildman–Crippen MR) is 152 cm³/mol. The van der Waals surface area contributed by atoms with Crippen LogP contribution in [0.25, 0.3) is 11.3 Å². The lowest BCUT2D eigenvalue weighted by Gasteiger charge is -2.42. The summed E-state index contributed by atoms with van der Waals surface area (Å²) in [6.07, 6.45) is 1.21. The number of fused-ring (bicyclic) bond motifs is 1. The number of phenolic OH excluding ortho intramolecular Hbond substituents is 1. The van der Waals surface area contributed by atoms with Crippen molar-refractivity contribution in [1.82, 2.24) is 14.8 Å². The van der Waals surface area contributed by atoms with E-state index in [0.29, 0.717) is 5.56 Å². The van der Waals surface area contributed by atoms with Gasteiger partial charge >= 0.3 is 10.2 Å². The number of phenols is 1. The Bertz CT molecular complexity index is 1670. The van der Waals surface area contributed by atoms with Crippen LogP contribution in [0.1, 0.15) is 37.8 Å². The van der Waals surface area contributed by atoms with Crippen LogP contribution in [0.15, 0.2) is 65.6 Å². The maximum Gasteiger partial charge on any atom is 0.352 e. The molecule has 41 heavy (non-hydrogen) atoms. The molecule has 2 aliphatic heterocycles. The molecule has 1 N–H and O–H groups in total. The number of aromatic nitrogens is 1. The molecular formula is C29H29F2N5O4S. The number of rotatable bonds is 4. The van der Waals surface area contributed by atoms with Gasteiger partial charge in [-0.05, 0) is 48.7 Å². The molecular weight excluding hydrogens is 552 g/mol. The number of piperazine rings is 1. The summed E-state index contributed by atoms with van der Waals surface area (Å²) in [6.45, 7) is 9.86. The fraction of sp³-hybridized carbons (Fsp3) is 0.276. The number of amides is 1. The second kappa shape index (κ2) is 10.6. The van der Waals surface area contributed by atoms with E-state index in [0.717, 1.165) is 16.4 Å². The van der Waals surface area contributed by atoms with Crippen molar-refractivity contribution in [2.45, 2.75) is 32.7 Å². The molecule has 3 aromatic rings. The van der Waals surface area contributed by atoms with E-state index in [1.807, 2.05) is 13.8 Å². The Morgan fingerprint density at radius 3 is 2.51 bits per heavy atom. The van der Waals surface area contributed by atoms with E-state index in [9.17, 15) is 22.7 Å². The van der Waals surface area contributed by atoms with Gasteiger partial charge in [-0.2, -0.15) is 8.42 Å². The first-order valence-electron chi connectivity index (χ1n) is 13.1. The second-order valence-electron chi connectivity index (χ2n) is 10.2. The quantitative estimate of drug-likeness (QED) is 0.447. The van der Waals surface area contributed by atoms with Crippen molar-refractivity contribution in [2.75, 3.05) is 23.9 Å². The van der Waals surface area contributed by atoms with Crippen LogP contribution >= 0.6 is 0 Å². The largest absolute Gasteiger partial charge is 0.507 e. The molecule has 1 aromatic heterocycles. The van der Waals surface area contributed by atoms with E-state index in [1.54, 1.807) is 41.0 Å². The Balaban J connectivity index is 1.75. The van der Waals surface area contributed by atoms with Gasteiger partial charge in [0, 0.05) is 25.7 Å². The van der Waals surface area contributed by atoms with Crippen LogP contribution in [-0.2, 0) is 15.0 Å². The van der Waals surface area contributed by atoms with E-state index >= 15 is 4.39 Å². The molecule has 5 rings (SSSR count). The average molecular weight is 582 g/mol. The molecule has 0 spiro atoms. The fourth-order valence-corrected chi connectivity index (χ4v) is 6.51. The van der Waals surface area contributed by atoms with Crippen LogP contribution < -0.4 is 4.31 Å². The molecule has 1 atom stereocenters. The molecule has 1 saturated heterocycles. The SMILES string of the molecule is C=CC(=O)N1CCN(C2=NS(=O)(=O)N(c3ccccc3C(C)C)c3nc(-c4c(O)cccc4F)c(F)cc32)C(C)C1. The van der Waals surface area contributed by atoms with Crippen LogP contribution in [0.3, 0.4) is 0 Å². The summed E-state index contributed by atoms with van der Waals surface area (Å²) in [5.74, 6) is -3.01. The maximum atomic E-state index is 15.8. The number of para-hydroxylation sites is 1. The number of carbonyl (C=O) groups is 1. The minimum absolute atomic E-state index is 0.0350. The van der Waals surface area contributed by atoms with Gasteiger partial charge in [0.2, 0.25) is 5.91 Å². The summed E-state index contributed by atoms with van der Waals surface area (Å²) < 4.78 is 63.6. The summed E-state index contributed by atoms with van der Waals surface area (Å²) in [4.78, 5) is 19.8. The molecule has 9 nitrogen and oxygen atoms in total. The fourth-order valence-electron chi connectivity index (χ4n) is 5.24. The molecule has 1 unspecified atom stereocenters. The molecule has 12 heteroatoms. The number of halogens is 2. The molecule has 3 heterocycles. The zero-order valence-corrected chi connectivity index (χ0v) is 23.6. The monoisotopic (exact) mass is 581 g/mol. The first kappa shape index (κ1) is 28.2. The van der Waals surface area contributed by atoms with E-state index in [1.165, 1.54) is 18.2 Å². The summed E-state index contributed by atoms with van der Waals surface area (Å²) in [5, 5.41) is 10.4. The summed E-state index contributed by atoms with van der Waals surface area (Å²) in [6, 6.07) is 11.0. The highest BCUT2D eigenvalue weighted by Crippen LogP contribution is 2.43. The maximum absolute atomic E-state index is 15.8. The van der Waals surface area contributed by atoms with E-state index in [2.05, 4.69) is 16.0 Å². The van der Waals surface area contributed by atoms with Crippen molar-refractivity contribution in [1.29, 1.82) is 0 Å². The number of pyridine rings is 1. The van der Waals surface area contributed by atoms with Gasteiger partial charge in [0.15, 0.2) is 17.5 Å². The van der Waals surface area contributed by atoms with Gasteiger partial charge in [-0.1, -0.05) is 44.7 Å². The van der Waals surface area contributed by atoms with Gasteiger partial charge in [0.25, 0.3) is 0 Å². The summed E-state index contributed by atoms with van der Waals surface area (Å²) >= 11 is 0. The lowest BCUT2D eigenvalue weighted by atomic mass is 10.0. The highest BCUT2D eigenvalue weighted by molar-refractivity contribution is 7.92. The van der Waals surface area contributed by atoms with Gasteiger partial charge in [0.1, 0.15) is 17.3 Å². The van der Waals surface area contributed by atoms with Crippen molar-refractivity contribution in [3.05, 3.63) is 83.9 Å². The van der Waals surface area contributed by atoms with Gasteiger partial charge in [-0.3, -0.25) is 4.79 Å². The van der Waals surface area contributed by atoms with Crippen molar-refractivity contribution >= 4 is 33.5 Å². The third-order valence-electron chi connectivity index (χ3n) is 7.21. The van der Waals surface area contributed by atoms with Crippen LogP contribution in [0, 0.1) is 11.6 Å². The van der Waals surface area contributed by atoms with Crippen molar-refractivity contribution in [3.63, 3.8) is 0 Å². The Morgan fingerprint density at radius 2 is 1.85 bits per heavy atom. The number of nitrogens with zero attached hydrogens (tertiary/aromatic N) is 5. The van der Waals surface area contributed by atoms with E-state index in [-0.39, 0.29) is 60.4 Å². The first-order chi connectivity index (χ1) is 19.4. The van der Waals surface area contributed by atoms with Gasteiger partial charge in [-0.15, -0.1) is 4.40 Å². The Labute approximate surface area is 237 Å². The highest BCUT2D eigenvalue weighted by atomic mass is 32.2. The number of aromatic hydroxyl groups is 1. The normalized spacial score (nSPS) is 18.2. The lowest BCUT2D eigenvalue weighted by molar-refractivity contribution is -0.128. The third-order valence-corrected chi connectivity index (χ3v) is 8.45. The van der Waals surface area contributed by atoms with Crippen molar-refractivity contribution < 1.29 is 27.1 Å². The molecule has 1 fully saturated rings. The average Bonchev–Trinajstić information content (AvgIpc) is 2.92. The minimum atomic E-state index is -4.49. The molecule has 2 aliphatic rings. The smallest absolute Gasteiger partial charge is 0.352 e. The number of amidine groups is 1. The lowest BCUT2D eigenvalue weighted by Crippen LogP contribution is -2.56. The topological polar surface area (TPSA) is 106 Å². The Kier molecular flexibility index (Phi) is 7.28. The summed E-state index contributed by atoms with van der Waals surface area (Å²) in [7, 11) is -4.49. The van der Waals surface area contributed by atoms with Crippen LogP contribution in [0.4, 0.5) is 20.3 Å². The highest BCUT2D eigenvalue weighted by Gasteiger charge is 2.41. The van der Waals surface area contributed by atoms with Crippen molar-refractivity contribution in [3.8, 4) is 17.0 Å². The predicted octanol–water partition coefficient (Wildman–Crippen LogP) is 4.72. The second-order valence-corrected chi connectivity index (χ2v) is 11.7. The van der Waals surface area contributed by atoms with Crippen LogP contribution in [0.5, 0.6) is 5.75 Å². The first-order valence-corrected chi connectivity index (χ1v) is 14.4. The molecule has 1 amide bonds. The number of carbonyl (C=O) groups excluding carboxylic acids is 1. The van der Waals surface area contributed by atoms with E-state index < -0.39 is 38.9 Å². The standard InChI is InChI=1S/C29H29F2N5O4S/c1-5-25(38)34-13-14-35(18(4)16-34)29-20-15-22(31)27(26-21(30)10-8-12-24(26)37)32-28(20)36(41(39,40)33-29)23-11-7-6-9-19(23)17(2)3/h5-12,15,17-18,37H,1,13-14,16H2,2-4H3. The van der Waals surface area contributed by atoms with Crippen LogP contribution in [-0.4, -0.2) is 65.7 Å². The Hall–Kier alpha value is -4.32. The zero-order chi connectivity index (χ0) is 29.6. The number of benzene rings is 2. The molecule has 0 saturated carbocycles. The van der Waals surface area contributed by atoms with Gasteiger partial charge in [0.05, 0.1) is 16.8 Å². The third kappa shape index (κ3) is 4.92.